The van der Waals surface area contributed by atoms with Gasteiger partial charge in [0, 0.05) is 0 Å². The van der Waals surface area contributed by atoms with Crippen LogP contribution < -0.4 is 4.46 Å². The normalized spacial score (nSPS) is 9.92. The van der Waals surface area contributed by atoms with Gasteiger partial charge in [-0.2, -0.15) is 0 Å². The number of aromatic amines is 1. The molecule has 1 heterocycles. The van der Waals surface area contributed by atoms with E-state index in [9.17, 15) is 0 Å². The number of para-hydroxylation sites is 1. The Bertz CT molecular complexity index is 439. The summed E-state index contributed by atoms with van der Waals surface area (Å²) in [5.41, 5.74) is 1.12. The molecule has 0 aliphatic rings. The second-order valence-corrected chi connectivity index (χ2v) is 4.13. The fourth-order valence-corrected chi connectivity index (χ4v) is 2.24. The number of fused-ring (bicyclic) bond motifs is 1. The molecule has 0 atom stereocenters. The van der Waals surface area contributed by atoms with Gasteiger partial charge in [0.05, 0.1) is 0 Å². The molecule has 0 spiro atoms. The number of nitrogens with one attached hydrogen (secondary N) is 1. The zero-order valence-electron chi connectivity index (χ0n) is 6.24. The molecule has 1 aromatic heterocycles. The van der Waals surface area contributed by atoms with E-state index in [1.165, 1.54) is 5.39 Å². The molecule has 0 amide bonds. The van der Waals surface area contributed by atoms with Crippen LogP contribution in [-0.2, 0) is 0 Å². The van der Waals surface area contributed by atoms with Gasteiger partial charge in [0.1, 0.15) is 0 Å². The van der Waals surface area contributed by atoms with Crippen LogP contribution in [0.2, 0.25) is 0 Å². The number of rotatable bonds is 1. The summed E-state index contributed by atoms with van der Waals surface area (Å²) in [6.45, 7) is 0. The van der Waals surface area contributed by atoms with Crippen molar-refractivity contribution in [2.75, 3.05) is 0 Å². The van der Waals surface area contributed by atoms with Crippen LogP contribution in [0.5, 0.6) is 0 Å². The molecule has 3 heteroatoms. The summed E-state index contributed by atoms with van der Waals surface area (Å²) in [7, 11) is 0. The van der Waals surface area contributed by atoms with Crippen LogP contribution in [0.15, 0.2) is 30.5 Å². The molecule has 12 heavy (non-hydrogen) atoms. The first-order valence-corrected chi connectivity index (χ1v) is 5.25. The summed E-state index contributed by atoms with van der Waals surface area (Å²) in [5, 5.41) is 9.74. The molecule has 2 aromatic rings. The number of nitrogens with zero attached hydrogens (tertiary/aromatic N) is 1. The molecule has 1 N–H and O–H groups in total. The van der Waals surface area contributed by atoms with Crippen molar-refractivity contribution in [1.82, 2.24) is 4.98 Å². The average Bonchev–Trinajstić information content (AvgIpc) is 2.50. The standard InChI is InChI=1S/C9H6N2Se/c10-6-12-9-5-11-8-4-2-1-3-7(8)9/h1-5,11H. The summed E-state index contributed by atoms with van der Waals surface area (Å²) < 4.78 is 1.14. The molecule has 0 aliphatic carbocycles. The van der Waals surface area contributed by atoms with E-state index < -0.39 is 0 Å². The molecule has 0 fully saturated rings. The maximum absolute atomic E-state index is 8.56. The van der Waals surface area contributed by atoms with Crippen molar-refractivity contribution in [2.45, 2.75) is 0 Å². The van der Waals surface area contributed by atoms with E-state index >= 15 is 0 Å². The molecule has 2 rings (SSSR count). The first-order valence-electron chi connectivity index (χ1n) is 3.54. The quantitative estimate of drug-likeness (QED) is 0.716. The molecule has 0 aliphatic heterocycles. The Morgan fingerprint density at radius 2 is 2.17 bits per heavy atom. The van der Waals surface area contributed by atoms with Crippen molar-refractivity contribution < 1.29 is 0 Å². The van der Waals surface area contributed by atoms with Crippen LogP contribution in [-0.4, -0.2) is 19.9 Å². The van der Waals surface area contributed by atoms with E-state index in [2.05, 4.69) is 9.95 Å². The molecular formula is C9H6N2Se. The molecule has 0 saturated heterocycles. The van der Waals surface area contributed by atoms with Gasteiger partial charge >= 0.3 is 76.0 Å². The van der Waals surface area contributed by atoms with Crippen molar-refractivity contribution >= 4 is 30.3 Å². The van der Waals surface area contributed by atoms with Gasteiger partial charge in [-0.15, -0.1) is 0 Å². The van der Waals surface area contributed by atoms with E-state index in [0.717, 1.165) is 9.98 Å². The predicted molar refractivity (Wildman–Crippen MR) is 49.3 cm³/mol. The molecule has 0 unspecified atom stereocenters. The number of hydrogen-bond donors (Lipinski definition) is 1. The Morgan fingerprint density at radius 1 is 1.33 bits per heavy atom. The van der Waals surface area contributed by atoms with E-state index in [1.54, 1.807) is 0 Å². The minimum atomic E-state index is -0.0559. The molecule has 0 saturated carbocycles. The van der Waals surface area contributed by atoms with Crippen LogP contribution >= 0.6 is 0 Å². The Labute approximate surface area is 76.4 Å². The third kappa shape index (κ3) is 1.12. The summed E-state index contributed by atoms with van der Waals surface area (Å²) in [6.07, 6.45) is 1.92. The van der Waals surface area contributed by atoms with Crippen LogP contribution in [0.3, 0.4) is 0 Å². The monoisotopic (exact) mass is 222 g/mol. The minimum absolute atomic E-state index is 0.0559. The molecular weight excluding hydrogens is 215 g/mol. The van der Waals surface area contributed by atoms with Crippen molar-refractivity contribution in [3.63, 3.8) is 0 Å². The van der Waals surface area contributed by atoms with Crippen LogP contribution in [0.25, 0.3) is 10.9 Å². The van der Waals surface area contributed by atoms with E-state index in [4.69, 9.17) is 5.26 Å². The van der Waals surface area contributed by atoms with E-state index in [-0.39, 0.29) is 15.0 Å². The van der Waals surface area contributed by atoms with Crippen molar-refractivity contribution in [3.8, 4) is 4.97 Å². The Kier molecular flexibility index (Phi) is 1.87. The van der Waals surface area contributed by atoms with Crippen LogP contribution in [0.1, 0.15) is 0 Å². The fraction of sp³-hybridized carbons (Fsp3) is 0. The van der Waals surface area contributed by atoms with Crippen LogP contribution in [0.4, 0.5) is 0 Å². The summed E-state index contributed by atoms with van der Waals surface area (Å²) in [4.78, 5) is 5.34. The third-order valence-corrected chi connectivity index (χ3v) is 3.07. The topological polar surface area (TPSA) is 39.6 Å². The first kappa shape index (κ1) is 7.42. The second kappa shape index (κ2) is 3.02. The van der Waals surface area contributed by atoms with Gasteiger partial charge in [-0.3, -0.25) is 0 Å². The number of H-pyrrole nitrogens is 1. The number of nitriles is 1. The molecule has 0 radical (unpaired) electrons. The predicted octanol–water partition coefficient (Wildman–Crippen LogP) is 0.978. The number of benzene rings is 1. The molecule has 0 bridgehead atoms. The fourth-order valence-electron chi connectivity index (χ4n) is 1.18. The summed E-state index contributed by atoms with van der Waals surface area (Å²) in [5.74, 6) is 0. The van der Waals surface area contributed by atoms with Gasteiger partial charge in [-0.05, 0) is 0 Å². The van der Waals surface area contributed by atoms with Crippen molar-refractivity contribution in [3.05, 3.63) is 30.5 Å². The van der Waals surface area contributed by atoms with Gasteiger partial charge in [-0.1, -0.05) is 0 Å². The maximum atomic E-state index is 8.56. The van der Waals surface area contributed by atoms with Gasteiger partial charge < -0.3 is 0 Å². The SMILES string of the molecule is N#C[Se]c1c[nH]c2ccccc12. The molecule has 2 nitrogen and oxygen atoms in total. The van der Waals surface area contributed by atoms with Gasteiger partial charge in [0.2, 0.25) is 0 Å². The van der Waals surface area contributed by atoms with E-state index in [0.29, 0.717) is 0 Å². The second-order valence-electron chi connectivity index (χ2n) is 2.39. The molecule has 1 aromatic carbocycles. The number of hydrogen-bond acceptors (Lipinski definition) is 1. The Hall–Kier alpha value is -1.23. The average molecular weight is 221 g/mol. The zero-order chi connectivity index (χ0) is 8.39. The Balaban J connectivity index is 2.64. The van der Waals surface area contributed by atoms with Crippen LogP contribution in [0, 0.1) is 10.2 Å². The summed E-state index contributed by atoms with van der Waals surface area (Å²) in [6, 6.07) is 8.04. The Morgan fingerprint density at radius 3 is 3.00 bits per heavy atom. The third-order valence-electron chi connectivity index (χ3n) is 1.71. The van der Waals surface area contributed by atoms with Gasteiger partial charge in [-0.25, -0.2) is 0 Å². The van der Waals surface area contributed by atoms with Crippen molar-refractivity contribution in [1.29, 1.82) is 5.26 Å². The summed E-state index contributed by atoms with van der Waals surface area (Å²) >= 11 is -0.0559. The number of aromatic nitrogens is 1. The van der Waals surface area contributed by atoms with Gasteiger partial charge in [0.15, 0.2) is 0 Å². The van der Waals surface area contributed by atoms with E-state index in [1.807, 2.05) is 30.5 Å². The first-order chi connectivity index (χ1) is 5.92. The molecule has 58 valence electrons. The van der Waals surface area contributed by atoms with Gasteiger partial charge in [0.25, 0.3) is 0 Å². The zero-order valence-corrected chi connectivity index (χ0v) is 7.96. The van der Waals surface area contributed by atoms with Crippen molar-refractivity contribution in [2.24, 2.45) is 0 Å².